The van der Waals surface area contributed by atoms with Crippen molar-refractivity contribution in [3.63, 3.8) is 0 Å². The summed E-state index contributed by atoms with van der Waals surface area (Å²) >= 11 is 1.52. The normalized spacial score (nSPS) is 13.2. The lowest BCUT2D eigenvalue weighted by Crippen LogP contribution is -2.24. The molecule has 0 atom stereocenters. The van der Waals surface area contributed by atoms with Gasteiger partial charge in [-0.05, 0) is 31.7 Å². The second-order valence-corrected chi connectivity index (χ2v) is 6.76. The molecule has 0 saturated heterocycles. The van der Waals surface area contributed by atoms with Gasteiger partial charge < -0.3 is 4.74 Å². The Kier molecular flexibility index (Phi) is 3.69. The van der Waals surface area contributed by atoms with E-state index in [4.69, 9.17) is 4.74 Å². The molecule has 0 amide bonds. The highest BCUT2D eigenvalue weighted by Gasteiger charge is 2.24. The summed E-state index contributed by atoms with van der Waals surface area (Å²) in [5.41, 5.74) is 2.79. The zero-order valence-corrected chi connectivity index (χ0v) is 14.1. The van der Waals surface area contributed by atoms with Crippen molar-refractivity contribution >= 4 is 22.3 Å². The molecular weight excluding hydrogens is 324 g/mol. The molecule has 3 aromatic rings. The van der Waals surface area contributed by atoms with E-state index in [0.717, 1.165) is 35.4 Å². The molecule has 24 heavy (non-hydrogen) atoms. The Hall–Kier alpha value is -2.47. The summed E-state index contributed by atoms with van der Waals surface area (Å²) in [6.45, 7) is 1.94. The van der Waals surface area contributed by atoms with E-state index in [1.165, 1.54) is 23.1 Å². The number of aromatic nitrogens is 2. The van der Waals surface area contributed by atoms with Crippen molar-refractivity contribution < 1.29 is 9.53 Å². The van der Waals surface area contributed by atoms with Crippen LogP contribution in [0.15, 0.2) is 35.3 Å². The molecule has 1 aromatic carbocycles. The molecule has 0 fully saturated rings. The fourth-order valence-corrected chi connectivity index (χ4v) is 4.33. The Bertz CT molecular complexity index is 1000. The van der Waals surface area contributed by atoms with E-state index in [1.54, 1.807) is 11.3 Å². The van der Waals surface area contributed by atoms with Crippen molar-refractivity contribution in [3.05, 3.63) is 56.8 Å². The number of thiazole rings is 1. The molecule has 5 nitrogen and oxygen atoms in total. The van der Waals surface area contributed by atoms with E-state index in [-0.39, 0.29) is 17.7 Å². The van der Waals surface area contributed by atoms with Crippen LogP contribution in [0, 0.1) is 0 Å². The van der Waals surface area contributed by atoms with Gasteiger partial charge in [0.1, 0.15) is 5.56 Å². The highest BCUT2D eigenvalue weighted by atomic mass is 32.1. The van der Waals surface area contributed by atoms with E-state index in [9.17, 15) is 9.59 Å². The first-order valence-electron chi connectivity index (χ1n) is 7.99. The molecule has 0 spiro atoms. The summed E-state index contributed by atoms with van der Waals surface area (Å²) in [5, 5.41) is 0. The second kappa shape index (κ2) is 5.87. The zero-order valence-electron chi connectivity index (χ0n) is 13.2. The molecule has 1 aliphatic carbocycles. The van der Waals surface area contributed by atoms with Crippen molar-refractivity contribution in [2.45, 2.75) is 26.2 Å². The van der Waals surface area contributed by atoms with E-state index in [0.29, 0.717) is 4.96 Å². The zero-order chi connectivity index (χ0) is 16.7. The van der Waals surface area contributed by atoms with E-state index < -0.39 is 5.97 Å². The van der Waals surface area contributed by atoms with E-state index in [1.807, 2.05) is 18.2 Å². The number of benzene rings is 1. The predicted octanol–water partition coefficient (Wildman–Crippen LogP) is 3.09. The number of ether oxygens (including phenoxy) is 1. The first-order chi connectivity index (χ1) is 11.7. The average molecular weight is 340 g/mol. The van der Waals surface area contributed by atoms with Crippen LogP contribution < -0.4 is 5.56 Å². The summed E-state index contributed by atoms with van der Waals surface area (Å²) in [6, 6.07) is 8.13. The van der Waals surface area contributed by atoms with Gasteiger partial charge in [0.25, 0.3) is 5.56 Å². The smallest absolute Gasteiger partial charge is 0.345 e. The standard InChI is InChI=1S/C18H16N2O3S/c1-2-23-17(22)13-10-19-18-20(16(13)21)15-12-8-4-3-6-11(12)7-5-9-14(15)24-18/h3-4,6,8,10H,2,5,7,9H2,1H3. The van der Waals surface area contributed by atoms with Crippen molar-refractivity contribution in [3.8, 4) is 11.3 Å². The van der Waals surface area contributed by atoms with Gasteiger partial charge in [0.15, 0.2) is 4.96 Å². The number of esters is 1. The molecule has 4 rings (SSSR count). The van der Waals surface area contributed by atoms with Gasteiger partial charge in [-0.3, -0.25) is 4.79 Å². The van der Waals surface area contributed by atoms with Gasteiger partial charge >= 0.3 is 5.97 Å². The molecule has 1 aliphatic rings. The molecule has 0 unspecified atom stereocenters. The maximum atomic E-state index is 12.9. The second-order valence-electron chi connectivity index (χ2n) is 5.70. The van der Waals surface area contributed by atoms with Crippen molar-refractivity contribution in [1.29, 1.82) is 0 Å². The third-order valence-electron chi connectivity index (χ3n) is 4.25. The van der Waals surface area contributed by atoms with Crippen LogP contribution in [0.2, 0.25) is 0 Å². The molecule has 6 heteroatoms. The van der Waals surface area contributed by atoms with Crippen LogP contribution in [-0.4, -0.2) is 22.0 Å². The molecule has 2 aromatic heterocycles. The fraction of sp³-hybridized carbons (Fsp3) is 0.278. The maximum Gasteiger partial charge on any atom is 0.345 e. The first-order valence-corrected chi connectivity index (χ1v) is 8.81. The Morgan fingerprint density at radius 3 is 3.00 bits per heavy atom. The monoisotopic (exact) mass is 340 g/mol. The summed E-state index contributed by atoms with van der Waals surface area (Å²) in [5.74, 6) is -0.619. The Morgan fingerprint density at radius 2 is 2.17 bits per heavy atom. The van der Waals surface area contributed by atoms with Crippen LogP contribution in [-0.2, 0) is 17.6 Å². The van der Waals surface area contributed by atoms with Crippen molar-refractivity contribution in [2.24, 2.45) is 0 Å². The fourth-order valence-electron chi connectivity index (χ4n) is 3.19. The minimum atomic E-state index is -0.619. The third kappa shape index (κ3) is 2.26. The number of hydrogen-bond donors (Lipinski definition) is 0. The maximum absolute atomic E-state index is 12.9. The van der Waals surface area contributed by atoms with Crippen LogP contribution in [0.25, 0.3) is 16.2 Å². The first kappa shape index (κ1) is 15.1. The lowest BCUT2D eigenvalue weighted by atomic mass is 10.0. The van der Waals surface area contributed by atoms with E-state index >= 15 is 0 Å². The number of rotatable bonds is 2. The Morgan fingerprint density at radius 1 is 1.33 bits per heavy atom. The van der Waals surface area contributed by atoms with Gasteiger partial charge in [-0.15, -0.1) is 11.3 Å². The number of carbonyl (C=O) groups excluding carboxylic acids is 1. The van der Waals surface area contributed by atoms with Gasteiger partial charge in [-0.2, -0.15) is 0 Å². The van der Waals surface area contributed by atoms with Gasteiger partial charge in [0.05, 0.1) is 18.5 Å². The number of nitrogens with zero attached hydrogens (tertiary/aromatic N) is 2. The minimum absolute atomic E-state index is 0.0170. The van der Waals surface area contributed by atoms with E-state index in [2.05, 4.69) is 11.1 Å². The van der Waals surface area contributed by atoms with Crippen LogP contribution in [0.4, 0.5) is 0 Å². The van der Waals surface area contributed by atoms with Gasteiger partial charge in [-0.1, -0.05) is 24.3 Å². The van der Waals surface area contributed by atoms with Crippen LogP contribution >= 0.6 is 11.3 Å². The van der Waals surface area contributed by atoms with Crippen LogP contribution in [0.1, 0.15) is 34.1 Å². The molecule has 0 bridgehead atoms. The largest absolute Gasteiger partial charge is 0.462 e. The quantitative estimate of drug-likeness (QED) is 0.673. The lowest BCUT2D eigenvalue weighted by molar-refractivity contribution is 0.0523. The number of carbonyl (C=O) groups is 1. The van der Waals surface area contributed by atoms with Gasteiger partial charge in [-0.25, -0.2) is 14.2 Å². The minimum Gasteiger partial charge on any atom is -0.462 e. The number of hydrogen-bond acceptors (Lipinski definition) is 5. The summed E-state index contributed by atoms with van der Waals surface area (Å²) in [6.07, 6.45) is 4.26. The Balaban J connectivity index is 2.04. The van der Waals surface area contributed by atoms with Crippen molar-refractivity contribution in [2.75, 3.05) is 6.61 Å². The highest BCUT2D eigenvalue weighted by Crippen LogP contribution is 2.36. The summed E-state index contributed by atoms with van der Waals surface area (Å²) in [4.78, 5) is 31.1. The van der Waals surface area contributed by atoms with Gasteiger partial charge in [0.2, 0.25) is 0 Å². The van der Waals surface area contributed by atoms with Gasteiger partial charge in [0, 0.05) is 10.4 Å². The average Bonchev–Trinajstić information content (AvgIpc) is 2.85. The Labute approximate surface area is 142 Å². The predicted molar refractivity (Wildman–Crippen MR) is 92.8 cm³/mol. The molecular formula is C18H16N2O3S. The highest BCUT2D eigenvalue weighted by molar-refractivity contribution is 7.17. The number of fused-ring (bicyclic) bond motifs is 5. The topological polar surface area (TPSA) is 60.7 Å². The summed E-state index contributed by atoms with van der Waals surface area (Å²) in [7, 11) is 0. The molecule has 0 radical (unpaired) electrons. The number of aryl methyl sites for hydroxylation is 2. The lowest BCUT2D eigenvalue weighted by Gasteiger charge is -2.08. The van der Waals surface area contributed by atoms with Crippen molar-refractivity contribution in [1.82, 2.24) is 9.38 Å². The molecule has 0 aliphatic heterocycles. The SMILES string of the molecule is CCOC(=O)c1cnc2sc3c(n2c1=O)-c1ccccc1CCC3. The summed E-state index contributed by atoms with van der Waals surface area (Å²) < 4.78 is 6.56. The molecule has 0 saturated carbocycles. The molecule has 0 N–H and O–H groups in total. The molecule has 2 heterocycles. The van der Waals surface area contributed by atoms with Crippen LogP contribution in [0.5, 0.6) is 0 Å². The van der Waals surface area contributed by atoms with Crippen LogP contribution in [0.3, 0.4) is 0 Å². The molecule has 122 valence electrons. The third-order valence-corrected chi connectivity index (χ3v) is 5.36.